The van der Waals surface area contributed by atoms with Gasteiger partial charge in [-0.1, -0.05) is 19.1 Å². The van der Waals surface area contributed by atoms with Gasteiger partial charge in [-0.15, -0.1) is 0 Å². The van der Waals surface area contributed by atoms with E-state index in [1.165, 1.54) is 0 Å². The second-order valence-corrected chi connectivity index (χ2v) is 7.14. The van der Waals surface area contributed by atoms with Crippen molar-refractivity contribution in [2.24, 2.45) is 5.41 Å². The molecule has 140 valence electrons. The Morgan fingerprint density at radius 1 is 1.24 bits per heavy atom. The first-order valence-corrected chi connectivity index (χ1v) is 8.78. The van der Waals surface area contributed by atoms with Gasteiger partial charge in [0, 0.05) is 0 Å². The minimum Gasteiger partial charge on any atom is -0.493 e. The molecule has 0 aliphatic heterocycles. The lowest BCUT2D eigenvalue weighted by atomic mass is 9.88. The Morgan fingerprint density at radius 2 is 1.92 bits per heavy atom. The van der Waals surface area contributed by atoms with Crippen molar-refractivity contribution in [2.45, 2.75) is 66.4 Å². The standard InChI is InChI=1S/C20H30O5/c1-6-16(13-18(21)22)25-19(23)20(4,5)10-7-11-24-17-12-14(2)8-9-15(17)3/h8-9,12,16H,6-7,10-11,13H2,1-5H3,(H,21,22). The summed E-state index contributed by atoms with van der Waals surface area (Å²) < 4.78 is 11.2. The average molecular weight is 350 g/mol. The van der Waals surface area contributed by atoms with Crippen molar-refractivity contribution in [3.8, 4) is 5.75 Å². The van der Waals surface area contributed by atoms with Crippen LogP contribution in [0.2, 0.25) is 0 Å². The molecule has 25 heavy (non-hydrogen) atoms. The monoisotopic (exact) mass is 350 g/mol. The third kappa shape index (κ3) is 7.16. The normalized spacial score (nSPS) is 12.5. The lowest BCUT2D eigenvalue weighted by Crippen LogP contribution is -2.31. The van der Waals surface area contributed by atoms with E-state index in [0.29, 0.717) is 25.9 Å². The van der Waals surface area contributed by atoms with Crippen molar-refractivity contribution < 1.29 is 24.2 Å². The number of aryl methyl sites for hydroxylation is 2. The van der Waals surface area contributed by atoms with Gasteiger partial charge in [-0.05, 0) is 64.2 Å². The first-order chi connectivity index (χ1) is 11.7. The maximum atomic E-state index is 12.3. The highest BCUT2D eigenvalue weighted by Crippen LogP contribution is 2.26. The molecule has 0 spiro atoms. The van der Waals surface area contributed by atoms with Crippen LogP contribution in [0.3, 0.4) is 0 Å². The number of hydrogen-bond donors (Lipinski definition) is 1. The fraction of sp³-hybridized carbons (Fsp3) is 0.600. The van der Waals surface area contributed by atoms with Crippen LogP contribution in [0, 0.1) is 19.3 Å². The fourth-order valence-corrected chi connectivity index (χ4v) is 2.44. The van der Waals surface area contributed by atoms with Crippen LogP contribution in [0.25, 0.3) is 0 Å². The number of carboxylic acids is 1. The third-order valence-electron chi connectivity index (χ3n) is 4.23. The number of ether oxygens (including phenoxy) is 2. The van der Waals surface area contributed by atoms with E-state index in [-0.39, 0.29) is 12.4 Å². The number of carbonyl (C=O) groups is 2. The number of rotatable bonds is 10. The number of hydrogen-bond acceptors (Lipinski definition) is 4. The summed E-state index contributed by atoms with van der Waals surface area (Å²) in [4.78, 5) is 23.1. The molecule has 1 aromatic rings. The molecular weight excluding hydrogens is 320 g/mol. The van der Waals surface area contributed by atoms with Crippen LogP contribution in [0.15, 0.2) is 18.2 Å². The van der Waals surface area contributed by atoms with Crippen molar-refractivity contribution in [1.82, 2.24) is 0 Å². The van der Waals surface area contributed by atoms with Crippen molar-refractivity contribution >= 4 is 11.9 Å². The van der Waals surface area contributed by atoms with Crippen LogP contribution in [0.5, 0.6) is 5.75 Å². The van der Waals surface area contributed by atoms with E-state index in [4.69, 9.17) is 14.6 Å². The van der Waals surface area contributed by atoms with Crippen LogP contribution in [-0.2, 0) is 14.3 Å². The van der Waals surface area contributed by atoms with E-state index >= 15 is 0 Å². The molecule has 0 bridgehead atoms. The van der Waals surface area contributed by atoms with Crippen LogP contribution in [0.4, 0.5) is 0 Å². The molecule has 0 amide bonds. The molecule has 0 saturated heterocycles. The molecular formula is C20H30O5. The largest absolute Gasteiger partial charge is 0.493 e. The number of carboxylic acid groups (broad SMARTS) is 1. The van der Waals surface area contributed by atoms with Gasteiger partial charge >= 0.3 is 11.9 Å². The second-order valence-electron chi connectivity index (χ2n) is 7.14. The summed E-state index contributed by atoms with van der Waals surface area (Å²) in [6.07, 6.45) is 1.08. The SMILES string of the molecule is CCC(CC(=O)O)OC(=O)C(C)(C)CCCOc1cc(C)ccc1C. The summed E-state index contributed by atoms with van der Waals surface area (Å²) in [6.45, 7) is 10.00. The number of carbonyl (C=O) groups excluding carboxylic acids is 1. The van der Waals surface area contributed by atoms with E-state index in [9.17, 15) is 9.59 Å². The third-order valence-corrected chi connectivity index (χ3v) is 4.23. The lowest BCUT2D eigenvalue weighted by molar-refractivity contribution is -0.162. The Hall–Kier alpha value is -2.04. The fourth-order valence-electron chi connectivity index (χ4n) is 2.44. The van der Waals surface area contributed by atoms with Gasteiger partial charge in [0.15, 0.2) is 0 Å². The first kappa shape index (κ1) is 21.0. The van der Waals surface area contributed by atoms with Gasteiger partial charge in [0.05, 0.1) is 18.4 Å². The topological polar surface area (TPSA) is 72.8 Å². The molecule has 5 heteroatoms. The van der Waals surface area contributed by atoms with Gasteiger partial charge in [0.1, 0.15) is 11.9 Å². The average Bonchev–Trinajstić information content (AvgIpc) is 2.53. The molecule has 1 N–H and O–H groups in total. The smallest absolute Gasteiger partial charge is 0.311 e. The molecule has 0 aromatic heterocycles. The highest BCUT2D eigenvalue weighted by atomic mass is 16.5. The number of esters is 1. The van der Waals surface area contributed by atoms with Gasteiger partial charge in [-0.25, -0.2) is 0 Å². The molecule has 0 aliphatic carbocycles. The zero-order valence-electron chi connectivity index (χ0n) is 15.9. The highest BCUT2D eigenvalue weighted by Gasteiger charge is 2.31. The van der Waals surface area contributed by atoms with Gasteiger partial charge in [0.2, 0.25) is 0 Å². The zero-order valence-corrected chi connectivity index (χ0v) is 15.9. The minimum atomic E-state index is -0.959. The van der Waals surface area contributed by atoms with E-state index in [2.05, 4.69) is 0 Å². The van der Waals surface area contributed by atoms with Crippen LogP contribution in [0.1, 0.15) is 57.6 Å². The van der Waals surface area contributed by atoms with E-state index in [1.807, 2.05) is 52.8 Å². The van der Waals surface area contributed by atoms with Crippen LogP contribution < -0.4 is 4.74 Å². The van der Waals surface area contributed by atoms with E-state index in [0.717, 1.165) is 16.9 Å². The molecule has 0 saturated carbocycles. The Kier molecular flexibility index (Phi) is 7.94. The van der Waals surface area contributed by atoms with Crippen molar-refractivity contribution in [1.29, 1.82) is 0 Å². The highest BCUT2D eigenvalue weighted by molar-refractivity contribution is 5.76. The van der Waals surface area contributed by atoms with Crippen LogP contribution in [-0.4, -0.2) is 29.8 Å². The summed E-state index contributed by atoms with van der Waals surface area (Å²) in [7, 11) is 0. The summed E-state index contributed by atoms with van der Waals surface area (Å²) in [5.41, 5.74) is 1.56. The second kappa shape index (κ2) is 9.44. The van der Waals surface area contributed by atoms with Gasteiger partial charge in [0.25, 0.3) is 0 Å². The maximum absolute atomic E-state index is 12.3. The van der Waals surface area contributed by atoms with E-state index < -0.39 is 17.5 Å². The van der Waals surface area contributed by atoms with Crippen molar-refractivity contribution in [3.63, 3.8) is 0 Å². The molecule has 0 aliphatic rings. The molecule has 0 fully saturated rings. The predicted molar refractivity (Wildman–Crippen MR) is 96.8 cm³/mol. The van der Waals surface area contributed by atoms with Crippen LogP contribution >= 0.6 is 0 Å². The molecule has 0 radical (unpaired) electrons. The first-order valence-electron chi connectivity index (χ1n) is 8.78. The van der Waals surface area contributed by atoms with Gasteiger partial charge in [-0.2, -0.15) is 0 Å². The summed E-state index contributed by atoms with van der Waals surface area (Å²) in [5.74, 6) is -0.445. The number of aliphatic carboxylic acids is 1. The Morgan fingerprint density at radius 3 is 2.52 bits per heavy atom. The molecule has 1 rings (SSSR count). The summed E-state index contributed by atoms with van der Waals surface area (Å²) >= 11 is 0. The molecule has 1 atom stereocenters. The minimum absolute atomic E-state index is 0.159. The number of benzene rings is 1. The summed E-state index contributed by atoms with van der Waals surface area (Å²) in [5, 5.41) is 8.85. The maximum Gasteiger partial charge on any atom is 0.311 e. The Labute approximate surface area is 150 Å². The molecule has 0 heterocycles. The van der Waals surface area contributed by atoms with Crippen molar-refractivity contribution in [3.05, 3.63) is 29.3 Å². The zero-order chi connectivity index (χ0) is 19.0. The van der Waals surface area contributed by atoms with Gasteiger partial charge in [-0.3, -0.25) is 9.59 Å². The Bertz CT molecular complexity index is 592. The summed E-state index contributed by atoms with van der Waals surface area (Å²) in [6, 6.07) is 6.08. The molecule has 5 nitrogen and oxygen atoms in total. The lowest BCUT2D eigenvalue weighted by Gasteiger charge is -2.25. The molecule has 1 unspecified atom stereocenters. The Balaban J connectivity index is 2.47. The van der Waals surface area contributed by atoms with Gasteiger partial charge < -0.3 is 14.6 Å². The van der Waals surface area contributed by atoms with E-state index in [1.54, 1.807) is 0 Å². The molecule has 1 aromatic carbocycles. The van der Waals surface area contributed by atoms with Crippen molar-refractivity contribution in [2.75, 3.05) is 6.61 Å². The quantitative estimate of drug-likeness (QED) is 0.503. The predicted octanol–water partition coefficient (Wildman–Crippen LogP) is 4.29.